The molecule has 2 aromatic rings. The first-order valence-corrected chi connectivity index (χ1v) is 8.44. The molecule has 0 saturated heterocycles. The Labute approximate surface area is 181 Å². The highest BCUT2D eigenvalue weighted by Crippen LogP contribution is 2.11. The number of hydrogen-bond acceptors (Lipinski definition) is 4. The number of halogens is 2. The molecule has 152 valence electrons. The van der Waals surface area contributed by atoms with Crippen LogP contribution in [0.3, 0.4) is 0 Å². The molecule has 1 aromatic carbocycles. The minimum Gasteiger partial charge on any atom is -0.497 e. The lowest BCUT2D eigenvalue weighted by molar-refractivity contribution is -0.127. The third-order valence-corrected chi connectivity index (χ3v) is 3.74. The Hall–Kier alpha value is -2.43. The van der Waals surface area contributed by atoms with Gasteiger partial charge in [-0.1, -0.05) is 12.1 Å². The van der Waals surface area contributed by atoms with Crippen LogP contribution in [0.1, 0.15) is 11.3 Å². The van der Waals surface area contributed by atoms with Crippen molar-refractivity contribution < 1.29 is 13.9 Å². The number of carbonyl (C=O) groups excluding carboxylic acids is 1. The number of pyridine rings is 1. The number of amides is 1. The van der Waals surface area contributed by atoms with E-state index >= 15 is 0 Å². The van der Waals surface area contributed by atoms with Crippen LogP contribution in [0.25, 0.3) is 0 Å². The second kappa shape index (κ2) is 12.1. The molecule has 0 atom stereocenters. The number of nitrogens with one attached hydrogen (secondary N) is 2. The summed E-state index contributed by atoms with van der Waals surface area (Å²) in [6.07, 6.45) is 1.53. The van der Waals surface area contributed by atoms with Gasteiger partial charge in [0.2, 0.25) is 5.91 Å². The summed E-state index contributed by atoms with van der Waals surface area (Å²) in [5.41, 5.74) is 1.25. The first kappa shape index (κ1) is 23.6. The summed E-state index contributed by atoms with van der Waals surface area (Å²) in [6, 6.07) is 10.4. The number of methoxy groups -OCH3 is 1. The fraction of sp³-hybridized carbons (Fsp3) is 0.316. The van der Waals surface area contributed by atoms with E-state index in [0.717, 1.165) is 11.3 Å². The van der Waals surface area contributed by atoms with Gasteiger partial charge in [-0.3, -0.25) is 9.78 Å². The highest BCUT2D eigenvalue weighted by atomic mass is 127. The molecule has 9 heteroatoms. The zero-order valence-electron chi connectivity index (χ0n) is 16.1. The molecular formula is C19H25FIN5O2. The van der Waals surface area contributed by atoms with Gasteiger partial charge in [0.1, 0.15) is 11.6 Å². The third-order valence-electron chi connectivity index (χ3n) is 3.74. The standard InChI is InChI=1S/C19H24FN5O2.HI/c1-25(2)18(26)13-24-19(23-12-17-16(20)5-4-10-21-17)22-11-14-6-8-15(27-3)9-7-14;/h4-10H,11-13H2,1-3H3,(H2,22,23,24);1H. The molecule has 0 fully saturated rings. The van der Waals surface area contributed by atoms with Gasteiger partial charge in [0.05, 0.1) is 32.4 Å². The average molecular weight is 501 g/mol. The fourth-order valence-corrected chi connectivity index (χ4v) is 2.11. The van der Waals surface area contributed by atoms with Crippen molar-refractivity contribution in [2.75, 3.05) is 27.7 Å². The Morgan fingerprint density at radius 2 is 1.93 bits per heavy atom. The van der Waals surface area contributed by atoms with Crippen LogP contribution in [-0.2, 0) is 17.9 Å². The topological polar surface area (TPSA) is 78.8 Å². The maximum absolute atomic E-state index is 13.7. The minimum atomic E-state index is -0.399. The van der Waals surface area contributed by atoms with Crippen LogP contribution in [0.5, 0.6) is 5.75 Å². The summed E-state index contributed by atoms with van der Waals surface area (Å²) >= 11 is 0. The van der Waals surface area contributed by atoms with Crippen LogP contribution < -0.4 is 15.4 Å². The van der Waals surface area contributed by atoms with Crippen molar-refractivity contribution in [3.05, 3.63) is 59.7 Å². The van der Waals surface area contributed by atoms with Crippen LogP contribution in [0.15, 0.2) is 47.6 Å². The second-order valence-corrected chi connectivity index (χ2v) is 5.94. The molecule has 7 nitrogen and oxygen atoms in total. The predicted octanol–water partition coefficient (Wildman–Crippen LogP) is 2.17. The highest BCUT2D eigenvalue weighted by molar-refractivity contribution is 14.0. The number of likely N-dealkylation sites (N-methyl/N-ethyl adjacent to an activating group) is 1. The van der Waals surface area contributed by atoms with E-state index in [1.807, 2.05) is 24.3 Å². The summed E-state index contributed by atoms with van der Waals surface area (Å²) in [6.45, 7) is 0.615. The smallest absolute Gasteiger partial charge is 0.241 e. The maximum Gasteiger partial charge on any atom is 0.241 e. The molecule has 0 spiro atoms. The molecule has 2 rings (SSSR count). The van der Waals surface area contributed by atoms with E-state index in [0.29, 0.717) is 12.5 Å². The van der Waals surface area contributed by atoms with Crippen LogP contribution in [0, 0.1) is 5.82 Å². The Morgan fingerprint density at radius 3 is 2.54 bits per heavy atom. The molecule has 0 saturated carbocycles. The Kier molecular flexibility index (Phi) is 10.2. The first-order chi connectivity index (χ1) is 13.0. The monoisotopic (exact) mass is 501 g/mol. The molecular weight excluding hydrogens is 476 g/mol. The number of hydrogen-bond donors (Lipinski definition) is 2. The quantitative estimate of drug-likeness (QED) is 0.346. The minimum absolute atomic E-state index is 0. The van der Waals surface area contributed by atoms with Crippen molar-refractivity contribution in [3.63, 3.8) is 0 Å². The van der Waals surface area contributed by atoms with E-state index < -0.39 is 5.82 Å². The number of nitrogens with zero attached hydrogens (tertiary/aromatic N) is 3. The lowest BCUT2D eigenvalue weighted by atomic mass is 10.2. The SMILES string of the molecule is COc1ccc(CN=C(NCC(=O)N(C)C)NCc2ncccc2F)cc1.I. The zero-order chi connectivity index (χ0) is 19.6. The van der Waals surface area contributed by atoms with E-state index in [1.165, 1.54) is 23.2 Å². The lowest BCUT2D eigenvalue weighted by Gasteiger charge is -2.15. The number of guanidine groups is 1. The number of ether oxygens (including phenoxy) is 1. The lowest BCUT2D eigenvalue weighted by Crippen LogP contribution is -2.42. The molecule has 0 aliphatic heterocycles. The number of rotatable bonds is 7. The number of carbonyl (C=O) groups is 1. The molecule has 2 N–H and O–H groups in total. The van der Waals surface area contributed by atoms with Crippen molar-refractivity contribution in [3.8, 4) is 5.75 Å². The van der Waals surface area contributed by atoms with Crippen molar-refractivity contribution in [1.29, 1.82) is 0 Å². The van der Waals surface area contributed by atoms with E-state index in [2.05, 4.69) is 20.6 Å². The van der Waals surface area contributed by atoms with Crippen molar-refractivity contribution in [1.82, 2.24) is 20.5 Å². The molecule has 0 unspecified atom stereocenters. The van der Waals surface area contributed by atoms with Crippen molar-refractivity contribution in [2.24, 2.45) is 4.99 Å². The normalized spacial score (nSPS) is 10.6. The molecule has 0 aliphatic carbocycles. The van der Waals surface area contributed by atoms with Crippen molar-refractivity contribution >= 4 is 35.8 Å². The summed E-state index contributed by atoms with van der Waals surface area (Å²) in [7, 11) is 4.96. The number of aliphatic imine (C=N–C) groups is 1. The molecule has 0 radical (unpaired) electrons. The van der Waals surface area contributed by atoms with Gasteiger partial charge in [0.15, 0.2) is 5.96 Å². The van der Waals surface area contributed by atoms with E-state index in [-0.39, 0.29) is 48.7 Å². The molecule has 1 aromatic heterocycles. The highest BCUT2D eigenvalue weighted by Gasteiger charge is 2.08. The van der Waals surface area contributed by atoms with Gasteiger partial charge >= 0.3 is 0 Å². The molecule has 1 amide bonds. The first-order valence-electron chi connectivity index (χ1n) is 8.44. The Balaban J connectivity index is 0.00000392. The molecule has 1 heterocycles. The second-order valence-electron chi connectivity index (χ2n) is 5.94. The summed E-state index contributed by atoms with van der Waals surface area (Å²) in [4.78, 5) is 21.8. The van der Waals surface area contributed by atoms with Gasteiger partial charge in [0.25, 0.3) is 0 Å². The van der Waals surface area contributed by atoms with Gasteiger partial charge in [0, 0.05) is 20.3 Å². The molecule has 0 aliphatic rings. The fourth-order valence-electron chi connectivity index (χ4n) is 2.11. The van der Waals surface area contributed by atoms with Crippen LogP contribution in [0.2, 0.25) is 0 Å². The number of benzene rings is 1. The average Bonchev–Trinajstić information content (AvgIpc) is 2.68. The van der Waals surface area contributed by atoms with Gasteiger partial charge in [-0.2, -0.15) is 0 Å². The molecule has 0 bridgehead atoms. The summed E-state index contributed by atoms with van der Waals surface area (Å²) in [5, 5.41) is 5.96. The Morgan fingerprint density at radius 1 is 1.21 bits per heavy atom. The summed E-state index contributed by atoms with van der Waals surface area (Å²) < 4.78 is 18.9. The predicted molar refractivity (Wildman–Crippen MR) is 117 cm³/mol. The number of aromatic nitrogens is 1. The van der Waals surface area contributed by atoms with Crippen LogP contribution >= 0.6 is 24.0 Å². The molecule has 28 heavy (non-hydrogen) atoms. The van der Waals surface area contributed by atoms with Crippen molar-refractivity contribution in [2.45, 2.75) is 13.1 Å². The van der Waals surface area contributed by atoms with E-state index in [1.54, 1.807) is 21.2 Å². The van der Waals surface area contributed by atoms with Gasteiger partial charge in [-0.05, 0) is 29.8 Å². The van der Waals surface area contributed by atoms with Crippen LogP contribution in [-0.4, -0.2) is 49.5 Å². The van der Waals surface area contributed by atoms with E-state index in [4.69, 9.17) is 4.74 Å². The third kappa shape index (κ3) is 7.67. The van der Waals surface area contributed by atoms with Gasteiger partial charge in [-0.15, -0.1) is 24.0 Å². The van der Waals surface area contributed by atoms with Gasteiger partial charge < -0.3 is 20.3 Å². The van der Waals surface area contributed by atoms with E-state index in [9.17, 15) is 9.18 Å². The zero-order valence-corrected chi connectivity index (χ0v) is 18.4. The maximum atomic E-state index is 13.7. The van der Waals surface area contributed by atoms with Crippen LogP contribution in [0.4, 0.5) is 4.39 Å². The van der Waals surface area contributed by atoms with Gasteiger partial charge in [-0.25, -0.2) is 9.38 Å². The largest absolute Gasteiger partial charge is 0.497 e. The Bertz CT molecular complexity index is 784. The summed E-state index contributed by atoms with van der Waals surface area (Å²) in [5.74, 6) is 0.661.